The maximum absolute atomic E-state index is 8.64. The second-order valence-electron chi connectivity index (χ2n) is 4.41. The quantitative estimate of drug-likeness (QED) is 0.343. The van der Waals surface area contributed by atoms with Crippen molar-refractivity contribution in [1.29, 1.82) is 0 Å². The van der Waals surface area contributed by atoms with Crippen LogP contribution in [-0.2, 0) is 6.54 Å². The molecular formula is C14H16ClN3OS. The van der Waals surface area contributed by atoms with E-state index >= 15 is 0 Å². The van der Waals surface area contributed by atoms with Crippen LogP contribution < -0.4 is 11.1 Å². The number of nitrogens with one attached hydrogen (secondary N) is 1. The first-order chi connectivity index (χ1) is 9.61. The molecule has 1 heterocycles. The average Bonchev–Trinajstić information content (AvgIpc) is 2.99. The van der Waals surface area contributed by atoms with Crippen LogP contribution in [0.1, 0.15) is 29.0 Å². The molecule has 20 heavy (non-hydrogen) atoms. The van der Waals surface area contributed by atoms with Gasteiger partial charge in [0.05, 0.1) is 0 Å². The van der Waals surface area contributed by atoms with Crippen molar-refractivity contribution in [3.8, 4) is 0 Å². The van der Waals surface area contributed by atoms with E-state index in [1.54, 1.807) is 23.5 Å². The van der Waals surface area contributed by atoms with Crippen molar-refractivity contribution < 1.29 is 5.21 Å². The highest BCUT2D eigenvalue weighted by molar-refractivity contribution is 7.10. The second-order valence-corrected chi connectivity index (χ2v) is 5.80. The summed E-state index contributed by atoms with van der Waals surface area (Å²) < 4.78 is 0. The fourth-order valence-corrected chi connectivity index (χ4v) is 2.82. The summed E-state index contributed by atoms with van der Waals surface area (Å²) in [6.07, 6.45) is 0. The van der Waals surface area contributed by atoms with E-state index in [0.717, 1.165) is 5.56 Å². The van der Waals surface area contributed by atoms with Crippen LogP contribution in [0.15, 0.2) is 40.9 Å². The number of hydrogen-bond donors (Lipinski definition) is 3. The molecule has 1 unspecified atom stereocenters. The van der Waals surface area contributed by atoms with E-state index in [-0.39, 0.29) is 11.9 Å². The monoisotopic (exact) mass is 309 g/mol. The Morgan fingerprint density at radius 3 is 2.90 bits per heavy atom. The van der Waals surface area contributed by atoms with Gasteiger partial charge in [0.15, 0.2) is 5.84 Å². The highest BCUT2D eigenvalue weighted by Crippen LogP contribution is 2.21. The summed E-state index contributed by atoms with van der Waals surface area (Å²) >= 11 is 7.93. The molecule has 0 radical (unpaired) electrons. The van der Waals surface area contributed by atoms with E-state index in [0.29, 0.717) is 17.1 Å². The first-order valence-electron chi connectivity index (χ1n) is 6.15. The molecule has 0 fully saturated rings. The Balaban J connectivity index is 2.03. The molecule has 0 aliphatic carbocycles. The topological polar surface area (TPSA) is 70.6 Å². The number of hydrogen-bond acceptors (Lipinski definition) is 4. The van der Waals surface area contributed by atoms with Gasteiger partial charge in [-0.25, -0.2) is 0 Å². The van der Waals surface area contributed by atoms with Gasteiger partial charge in [-0.2, -0.15) is 0 Å². The summed E-state index contributed by atoms with van der Waals surface area (Å²) in [5.41, 5.74) is 7.11. The summed E-state index contributed by atoms with van der Waals surface area (Å²) in [4.78, 5) is 1.29. The normalized spacial score (nSPS) is 13.4. The number of rotatable bonds is 5. The lowest BCUT2D eigenvalue weighted by Gasteiger charge is -2.13. The van der Waals surface area contributed by atoms with Crippen LogP contribution in [0, 0.1) is 0 Å². The second kappa shape index (κ2) is 6.74. The van der Waals surface area contributed by atoms with Crippen molar-refractivity contribution in [2.75, 3.05) is 0 Å². The van der Waals surface area contributed by atoms with Gasteiger partial charge in [-0.3, -0.25) is 0 Å². The van der Waals surface area contributed by atoms with Crippen LogP contribution >= 0.6 is 22.9 Å². The largest absolute Gasteiger partial charge is 0.409 e. The van der Waals surface area contributed by atoms with E-state index in [4.69, 9.17) is 22.5 Å². The van der Waals surface area contributed by atoms with Crippen molar-refractivity contribution in [1.82, 2.24) is 5.32 Å². The minimum absolute atomic E-state index is 0.0540. The summed E-state index contributed by atoms with van der Waals surface area (Å²) in [6.45, 7) is 2.78. The summed E-state index contributed by atoms with van der Waals surface area (Å²) in [7, 11) is 0. The molecule has 1 atom stereocenters. The predicted molar refractivity (Wildman–Crippen MR) is 83.5 cm³/mol. The molecule has 0 saturated heterocycles. The number of nitrogens with two attached hydrogens (primary N) is 1. The first-order valence-corrected chi connectivity index (χ1v) is 7.40. The van der Waals surface area contributed by atoms with Crippen LogP contribution in [0.3, 0.4) is 0 Å². The van der Waals surface area contributed by atoms with E-state index in [1.807, 2.05) is 12.1 Å². The van der Waals surface area contributed by atoms with Gasteiger partial charge in [0.2, 0.25) is 0 Å². The van der Waals surface area contributed by atoms with Gasteiger partial charge in [-0.15, -0.1) is 11.3 Å². The molecular weight excluding hydrogens is 294 g/mol. The van der Waals surface area contributed by atoms with E-state index in [9.17, 15) is 0 Å². The van der Waals surface area contributed by atoms with Crippen LogP contribution in [0.2, 0.25) is 5.02 Å². The summed E-state index contributed by atoms with van der Waals surface area (Å²) in [5, 5.41) is 17.7. The Morgan fingerprint density at radius 2 is 2.30 bits per heavy atom. The number of amidine groups is 1. The standard InChI is InChI=1S/C14H16ClN3OS/c1-9(13-3-2-6-20-13)17-8-11-5-4-10(7-12(11)15)14(16)18-19/h2-7,9,17,19H,8H2,1H3,(H2,16,18). The van der Waals surface area contributed by atoms with E-state index in [1.165, 1.54) is 4.88 Å². The van der Waals surface area contributed by atoms with Crippen molar-refractivity contribution in [3.05, 3.63) is 56.7 Å². The minimum Gasteiger partial charge on any atom is -0.409 e. The first kappa shape index (κ1) is 14.8. The molecule has 106 valence electrons. The van der Waals surface area contributed by atoms with Crippen LogP contribution in [0.4, 0.5) is 0 Å². The number of halogens is 1. The van der Waals surface area contributed by atoms with Crippen molar-refractivity contribution in [3.63, 3.8) is 0 Å². The Labute approximate surface area is 126 Å². The molecule has 1 aromatic carbocycles. The van der Waals surface area contributed by atoms with Crippen LogP contribution in [0.5, 0.6) is 0 Å². The highest BCUT2D eigenvalue weighted by atomic mass is 35.5. The Morgan fingerprint density at radius 1 is 1.50 bits per heavy atom. The van der Waals surface area contributed by atoms with Gasteiger partial charge in [-0.1, -0.05) is 35.0 Å². The fraction of sp³-hybridized carbons (Fsp3) is 0.214. The molecule has 2 rings (SSSR count). The maximum Gasteiger partial charge on any atom is 0.170 e. The highest BCUT2D eigenvalue weighted by Gasteiger charge is 2.08. The Bertz CT molecular complexity index is 598. The molecule has 1 aromatic heterocycles. The predicted octanol–water partition coefficient (Wildman–Crippen LogP) is 3.35. The van der Waals surface area contributed by atoms with Gasteiger partial charge in [-0.05, 0) is 30.0 Å². The van der Waals surface area contributed by atoms with Gasteiger partial charge in [0.1, 0.15) is 0 Å². The van der Waals surface area contributed by atoms with Crippen molar-refractivity contribution in [2.24, 2.45) is 10.9 Å². The number of benzene rings is 1. The van der Waals surface area contributed by atoms with Crippen LogP contribution in [0.25, 0.3) is 0 Å². The lowest BCUT2D eigenvalue weighted by atomic mass is 10.1. The van der Waals surface area contributed by atoms with Gasteiger partial charge < -0.3 is 16.3 Å². The fourth-order valence-electron chi connectivity index (χ4n) is 1.81. The number of oxime groups is 1. The lowest BCUT2D eigenvalue weighted by molar-refractivity contribution is 0.318. The van der Waals surface area contributed by atoms with Gasteiger partial charge >= 0.3 is 0 Å². The average molecular weight is 310 g/mol. The zero-order valence-electron chi connectivity index (χ0n) is 11.0. The zero-order valence-corrected chi connectivity index (χ0v) is 12.6. The van der Waals surface area contributed by atoms with Gasteiger partial charge in [0.25, 0.3) is 0 Å². The third-order valence-corrected chi connectivity index (χ3v) is 4.43. The molecule has 0 aliphatic rings. The summed E-state index contributed by atoms with van der Waals surface area (Å²) in [5.74, 6) is 0.0540. The molecule has 2 aromatic rings. The third kappa shape index (κ3) is 3.50. The Hall–Kier alpha value is -1.56. The molecule has 6 heteroatoms. The van der Waals surface area contributed by atoms with Crippen molar-refractivity contribution in [2.45, 2.75) is 19.5 Å². The SMILES string of the molecule is CC(NCc1ccc(/C(N)=N/O)cc1Cl)c1cccs1. The number of nitrogens with zero attached hydrogens (tertiary/aromatic N) is 1. The minimum atomic E-state index is 0.0540. The smallest absolute Gasteiger partial charge is 0.170 e. The third-order valence-electron chi connectivity index (χ3n) is 3.03. The van der Waals surface area contributed by atoms with Crippen LogP contribution in [-0.4, -0.2) is 11.0 Å². The van der Waals surface area contributed by atoms with E-state index in [2.05, 4.69) is 28.8 Å². The zero-order chi connectivity index (χ0) is 14.5. The molecule has 4 nitrogen and oxygen atoms in total. The molecule has 0 bridgehead atoms. The van der Waals surface area contributed by atoms with Gasteiger partial charge in [0, 0.05) is 28.0 Å². The maximum atomic E-state index is 8.64. The summed E-state index contributed by atoms with van der Waals surface area (Å²) in [6, 6.07) is 9.78. The molecule has 0 amide bonds. The molecule has 0 spiro atoms. The number of thiophene rings is 1. The molecule has 4 N–H and O–H groups in total. The van der Waals surface area contributed by atoms with E-state index < -0.39 is 0 Å². The molecule has 0 aliphatic heterocycles. The Kier molecular flexibility index (Phi) is 5.00. The lowest BCUT2D eigenvalue weighted by Crippen LogP contribution is -2.18. The molecule has 0 saturated carbocycles. The van der Waals surface area contributed by atoms with Crippen molar-refractivity contribution >= 4 is 28.8 Å².